The fourth-order valence-corrected chi connectivity index (χ4v) is 3.14. The molecule has 0 radical (unpaired) electrons. The lowest BCUT2D eigenvalue weighted by atomic mass is 10.1. The number of nitrogens with zero attached hydrogens (tertiary/aromatic N) is 2. The van der Waals surface area contributed by atoms with Gasteiger partial charge in [-0.05, 0) is 37.5 Å². The van der Waals surface area contributed by atoms with E-state index in [4.69, 9.17) is 5.73 Å². The first-order chi connectivity index (χ1) is 10.1. The molecule has 1 heterocycles. The predicted octanol–water partition coefficient (Wildman–Crippen LogP) is 2.94. The third-order valence-corrected chi connectivity index (χ3v) is 4.71. The number of hydrogen-bond donors (Lipinski definition) is 1. The minimum absolute atomic E-state index is 0.345. The summed E-state index contributed by atoms with van der Waals surface area (Å²) in [5.74, 6) is 0. The van der Waals surface area contributed by atoms with Crippen molar-refractivity contribution in [1.82, 2.24) is 4.90 Å². The molecule has 1 saturated heterocycles. The Morgan fingerprint density at radius 2 is 1.86 bits per heavy atom. The second-order valence-corrected chi connectivity index (χ2v) is 6.41. The lowest BCUT2D eigenvalue weighted by Crippen LogP contribution is -2.50. The summed E-state index contributed by atoms with van der Waals surface area (Å²) in [6.45, 7) is 12.2. The van der Waals surface area contributed by atoms with E-state index in [0.29, 0.717) is 6.04 Å². The molecule has 21 heavy (non-hydrogen) atoms. The van der Waals surface area contributed by atoms with Crippen LogP contribution in [0, 0.1) is 13.8 Å². The Kier molecular flexibility index (Phi) is 6.07. The Labute approximate surface area is 130 Å². The molecule has 0 saturated carbocycles. The minimum atomic E-state index is 0.345. The molecule has 0 aromatic heterocycles. The van der Waals surface area contributed by atoms with Gasteiger partial charge >= 0.3 is 0 Å². The van der Waals surface area contributed by atoms with E-state index >= 15 is 0 Å². The number of aryl methyl sites for hydroxylation is 1. The van der Waals surface area contributed by atoms with Crippen LogP contribution in [0.2, 0.25) is 0 Å². The van der Waals surface area contributed by atoms with Gasteiger partial charge in [-0.15, -0.1) is 0 Å². The number of piperazine rings is 1. The molecule has 3 nitrogen and oxygen atoms in total. The molecule has 0 spiro atoms. The van der Waals surface area contributed by atoms with Gasteiger partial charge < -0.3 is 10.6 Å². The molecule has 1 unspecified atom stereocenters. The van der Waals surface area contributed by atoms with Gasteiger partial charge in [0, 0.05) is 44.5 Å². The van der Waals surface area contributed by atoms with Crippen molar-refractivity contribution < 1.29 is 0 Å². The van der Waals surface area contributed by atoms with Crippen molar-refractivity contribution in [2.45, 2.75) is 46.1 Å². The maximum atomic E-state index is 6.23. The van der Waals surface area contributed by atoms with Gasteiger partial charge in [0.05, 0.1) is 0 Å². The molecular formula is C18H31N3. The molecule has 0 bridgehead atoms. The van der Waals surface area contributed by atoms with Gasteiger partial charge in [0.2, 0.25) is 0 Å². The summed E-state index contributed by atoms with van der Waals surface area (Å²) < 4.78 is 0. The normalized spacial score (nSPS) is 18.0. The van der Waals surface area contributed by atoms with Crippen molar-refractivity contribution in [3.63, 3.8) is 0 Å². The zero-order valence-corrected chi connectivity index (χ0v) is 13.9. The third kappa shape index (κ3) is 4.45. The Bertz CT molecular complexity index is 436. The number of hydrogen-bond acceptors (Lipinski definition) is 3. The second kappa shape index (κ2) is 7.81. The predicted molar refractivity (Wildman–Crippen MR) is 92.1 cm³/mol. The largest absolute Gasteiger partial charge is 0.369 e. The zero-order valence-electron chi connectivity index (χ0n) is 13.9. The summed E-state index contributed by atoms with van der Waals surface area (Å²) in [4.78, 5) is 5.05. The van der Waals surface area contributed by atoms with Crippen LogP contribution in [0.3, 0.4) is 0 Å². The van der Waals surface area contributed by atoms with Crippen LogP contribution in [-0.2, 0) is 0 Å². The minimum Gasteiger partial charge on any atom is -0.369 e. The average molecular weight is 289 g/mol. The standard InChI is InChI=1S/C18H31N3/c1-4-5-8-17(19)14-20-10-12-21(13-11-20)18-9-6-7-15(2)16(18)3/h6-7,9,17H,4-5,8,10-14,19H2,1-3H3. The van der Waals surface area contributed by atoms with Gasteiger partial charge in [-0.25, -0.2) is 0 Å². The highest BCUT2D eigenvalue weighted by atomic mass is 15.3. The van der Waals surface area contributed by atoms with E-state index in [1.54, 1.807) is 0 Å². The van der Waals surface area contributed by atoms with Gasteiger partial charge in [-0.3, -0.25) is 4.90 Å². The Morgan fingerprint density at radius 1 is 1.14 bits per heavy atom. The number of unbranched alkanes of at least 4 members (excludes halogenated alkanes) is 1. The van der Waals surface area contributed by atoms with Crippen molar-refractivity contribution in [3.05, 3.63) is 29.3 Å². The highest BCUT2D eigenvalue weighted by Gasteiger charge is 2.19. The summed E-state index contributed by atoms with van der Waals surface area (Å²) in [6.07, 6.45) is 3.66. The van der Waals surface area contributed by atoms with Crippen LogP contribution in [0.25, 0.3) is 0 Å². The fourth-order valence-electron chi connectivity index (χ4n) is 3.14. The Morgan fingerprint density at radius 3 is 2.52 bits per heavy atom. The zero-order chi connectivity index (χ0) is 15.2. The van der Waals surface area contributed by atoms with Crippen LogP contribution in [-0.4, -0.2) is 43.7 Å². The molecule has 1 aromatic carbocycles. The molecule has 1 atom stereocenters. The van der Waals surface area contributed by atoms with Crippen molar-refractivity contribution in [1.29, 1.82) is 0 Å². The van der Waals surface area contributed by atoms with Gasteiger partial charge in [-0.1, -0.05) is 31.9 Å². The van der Waals surface area contributed by atoms with E-state index in [1.807, 2.05) is 0 Å². The summed E-state index contributed by atoms with van der Waals surface area (Å²) in [5.41, 5.74) is 10.4. The summed E-state index contributed by atoms with van der Waals surface area (Å²) in [7, 11) is 0. The van der Waals surface area contributed by atoms with Crippen LogP contribution in [0.15, 0.2) is 18.2 Å². The maximum Gasteiger partial charge on any atom is 0.0399 e. The van der Waals surface area contributed by atoms with Crippen molar-refractivity contribution in [3.8, 4) is 0 Å². The molecule has 1 aliphatic rings. The van der Waals surface area contributed by atoms with Crippen LogP contribution in [0.4, 0.5) is 5.69 Å². The lowest BCUT2D eigenvalue weighted by molar-refractivity contribution is 0.238. The number of benzene rings is 1. The molecule has 0 aliphatic carbocycles. The number of nitrogens with two attached hydrogens (primary N) is 1. The topological polar surface area (TPSA) is 32.5 Å². The van der Waals surface area contributed by atoms with Gasteiger partial charge in [0.25, 0.3) is 0 Å². The Balaban J connectivity index is 1.84. The van der Waals surface area contributed by atoms with Crippen LogP contribution >= 0.6 is 0 Å². The van der Waals surface area contributed by atoms with Gasteiger partial charge in [0.15, 0.2) is 0 Å². The fraction of sp³-hybridized carbons (Fsp3) is 0.667. The molecule has 0 amide bonds. The smallest absolute Gasteiger partial charge is 0.0399 e. The molecule has 118 valence electrons. The van der Waals surface area contributed by atoms with Crippen LogP contribution < -0.4 is 10.6 Å². The van der Waals surface area contributed by atoms with E-state index in [9.17, 15) is 0 Å². The first-order valence-corrected chi connectivity index (χ1v) is 8.41. The van der Waals surface area contributed by atoms with Crippen molar-refractivity contribution in [2.24, 2.45) is 5.73 Å². The highest BCUT2D eigenvalue weighted by Crippen LogP contribution is 2.23. The second-order valence-electron chi connectivity index (χ2n) is 6.41. The lowest BCUT2D eigenvalue weighted by Gasteiger charge is -2.38. The number of anilines is 1. The van der Waals surface area contributed by atoms with E-state index in [0.717, 1.165) is 39.1 Å². The maximum absolute atomic E-state index is 6.23. The quantitative estimate of drug-likeness (QED) is 0.874. The van der Waals surface area contributed by atoms with E-state index in [2.05, 4.69) is 48.8 Å². The molecule has 2 N–H and O–H groups in total. The molecule has 1 aliphatic heterocycles. The van der Waals surface area contributed by atoms with Gasteiger partial charge in [-0.2, -0.15) is 0 Å². The third-order valence-electron chi connectivity index (χ3n) is 4.71. The average Bonchev–Trinajstić information content (AvgIpc) is 2.49. The SMILES string of the molecule is CCCCC(N)CN1CCN(c2cccc(C)c2C)CC1. The molecule has 2 rings (SSSR count). The first kappa shape index (κ1) is 16.3. The molecule has 1 fully saturated rings. The summed E-state index contributed by atoms with van der Waals surface area (Å²) in [5, 5.41) is 0. The molecular weight excluding hydrogens is 258 g/mol. The van der Waals surface area contributed by atoms with Crippen molar-refractivity contribution >= 4 is 5.69 Å². The van der Waals surface area contributed by atoms with E-state index in [-0.39, 0.29) is 0 Å². The van der Waals surface area contributed by atoms with E-state index in [1.165, 1.54) is 29.7 Å². The van der Waals surface area contributed by atoms with Crippen LogP contribution in [0.1, 0.15) is 37.3 Å². The molecule has 1 aromatic rings. The summed E-state index contributed by atoms with van der Waals surface area (Å²) in [6, 6.07) is 6.97. The monoisotopic (exact) mass is 289 g/mol. The summed E-state index contributed by atoms with van der Waals surface area (Å²) >= 11 is 0. The van der Waals surface area contributed by atoms with E-state index < -0.39 is 0 Å². The van der Waals surface area contributed by atoms with Gasteiger partial charge in [0.1, 0.15) is 0 Å². The Hall–Kier alpha value is -1.06. The highest BCUT2D eigenvalue weighted by molar-refractivity contribution is 5.56. The molecule has 3 heteroatoms. The van der Waals surface area contributed by atoms with Crippen molar-refractivity contribution in [2.75, 3.05) is 37.6 Å². The first-order valence-electron chi connectivity index (χ1n) is 8.41. The number of rotatable bonds is 6. The van der Waals surface area contributed by atoms with Crippen LogP contribution in [0.5, 0.6) is 0 Å².